The number of thioether (sulfide) groups is 1. The van der Waals surface area contributed by atoms with E-state index in [2.05, 4.69) is 11.4 Å². The lowest BCUT2D eigenvalue weighted by Gasteiger charge is -2.33. The normalized spacial score (nSPS) is 17.3. The summed E-state index contributed by atoms with van der Waals surface area (Å²) in [5, 5.41) is 3.64. The summed E-state index contributed by atoms with van der Waals surface area (Å²) in [7, 11) is 0. The number of carbonyl (C=O) groups is 2. The third-order valence-corrected chi connectivity index (χ3v) is 7.44. The number of allylic oxidation sites excluding steroid dienone is 1. The summed E-state index contributed by atoms with van der Waals surface area (Å²) in [4.78, 5) is 29.8. The molecule has 7 heteroatoms. The molecule has 0 saturated heterocycles. The number of hydrogen-bond donors (Lipinski definition) is 1. The molecular weight excluding hydrogens is 459 g/mol. The second-order valence-corrected chi connectivity index (χ2v) is 10.2. The Bertz CT molecular complexity index is 1040. The van der Waals surface area contributed by atoms with Gasteiger partial charge in [-0.15, -0.1) is 11.8 Å². The van der Waals surface area contributed by atoms with Crippen molar-refractivity contribution in [3.05, 3.63) is 75.9 Å². The van der Waals surface area contributed by atoms with Crippen LogP contribution < -0.4 is 10.2 Å². The minimum absolute atomic E-state index is 0.0745. The largest absolute Gasteiger partial charge is 0.351 e. The van der Waals surface area contributed by atoms with E-state index in [4.69, 9.17) is 11.6 Å². The third kappa shape index (κ3) is 6.18. The maximum Gasteiger partial charge on any atom is 0.248 e. The molecule has 1 N–H and O–H groups in total. The zero-order chi connectivity index (χ0) is 23.2. The third-order valence-electron chi connectivity index (χ3n) is 6.08. The zero-order valence-electron chi connectivity index (χ0n) is 18.4. The number of hydrogen-bond acceptors (Lipinski definition) is 3. The molecule has 33 heavy (non-hydrogen) atoms. The number of carbonyl (C=O) groups excluding carboxylic acids is 2. The molecule has 174 valence electrons. The number of nitrogens with zero attached hydrogens (tertiary/aromatic N) is 1. The maximum absolute atomic E-state index is 14.2. The Morgan fingerprint density at radius 2 is 1.91 bits per heavy atom. The maximum atomic E-state index is 14.2. The summed E-state index contributed by atoms with van der Waals surface area (Å²) in [6.45, 7) is 0. The van der Waals surface area contributed by atoms with Gasteiger partial charge in [-0.3, -0.25) is 14.5 Å². The molecule has 2 aromatic rings. The Morgan fingerprint density at radius 1 is 1.12 bits per heavy atom. The van der Waals surface area contributed by atoms with Crippen LogP contribution in [-0.2, 0) is 9.59 Å². The summed E-state index contributed by atoms with van der Waals surface area (Å²) in [5.74, 6) is -0.0280. The van der Waals surface area contributed by atoms with Gasteiger partial charge < -0.3 is 5.32 Å². The van der Waals surface area contributed by atoms with Crippen LogP contribution in [0.5, 0.6) is 0 Å². The van der Waals surface area contributed by atoms with Gasteiger partial charge in [0.25, 0.3) is 0 Å². The van der Waals surface area contributed by atoms with Gasteiger partial charge in [-0.25, -0.2) is 4.39 Å². The Balaban J connectivity index is 1.73. The van der Waals surface area contributed by atoms with Gasteiger partial charge >= 0.3 is 0 Å². The number of amides is 2. The van der Waals surface area contributed by atoms with Crippen LogP contribution in [0.4, 0.5) is 10.1 Å². The van der Waals surface area contributed by atoms with Crippen LogP contribution in [0.3, 0.4) is 0 Å². The van der Waals surface area contributed by atoms with Crippen molar-refractivity contribution in [3.8, 4) is 0 Å². The summed E-state index contributed by atoms with van der Waals surface area (Å²) in [6.07, 6.45) is 8.32. The van der Waals surface area contributed by atoms with Crippen LogP contribution in [-0.4, -0.2) is 23.6 Å². The van der Waals surface area contributed by atoms with Crippen molar-refractivity contribution < 1.29 is 14.0 Å². The summed E-state index contributed by atoms with van der Waals surface area (Å²) >= 11 is 7.92. The molecule has 4 nitrogen and oxygen atoms in total. The predicted molar refractivity (Wildman–Crippen MR) is 133 cm³/mol. The molecule has 1 unspecified atom stereocenters. The monoisotopic (exact) mass is 486 g/mol. The molecule has 2 aromatic carbocycles. The van der Waals surface area contributed by atoms with Crippen LogP contribution in [0.1, 0.15) is 56.6 Å². The first kappa shape index (κ1) is 23.8. The Kier molecular flexibility index (Phi) is 8.10. The molecule has 0 aromatic heterocycles. The lowest BCUT2D eigenvalue weighted by atomic mass is 9.94. The first-order valence-corrected chi connectivity index (χ1v) is 12.8. The molecule has 2 amide bonds. The highest BCUT2D eigenvalue weighted by Gasteiger charge is 2.34. The van der Waals surface area contributed by atoms with Crippen molar-refractivity contribution in [1.29, 1.82) is 0 Å². The van der Waals surface area contributed by atoms with Gasteiger partial charge in [-0.05, 0) is 60.1 Å². The van der Waals surface area contributed by atoms with Gasteiger partial charge in [-0.1, -0.05) is 55.1 Å². The number of nitrogens with one attached hydrogen (secondary N) is 1. The average Bonchev–Trinajstić information content (AvgIpc) is 3.31. The fourth-order valence-electron chi connectivity index (χ4n) is 4.51. The van der Waals surface area contributed by atoms with Gasteiger partial charge in [0, 0.05) is 22.5 Å². The fraction of sp³-hybridized carbons (Fsp3) is 0.385. The number of rotatable bonds is 7. The van der Waals surface area contributed by atoms with Gasteiger partial charge in [-0.2, -0.15) is 0 Å². The van der Waals surface area contributed by atoms with Gasteiger partial charge in [0.2, 0.25) is 11.8 Å². The van der Waals surface area contributed by atoms with E-state index in [0.29, 0.717) is 16.3 Å². The first-order valence-electron chi connectivity index (χ1n) is 11.5. The molecule has 1 heterocycles. The molecule has 0 bridgehead atoms. The summed E-state index contributed by atoms with van der Waals surface area (Å²) in [6, 6.07) is 12.0. The molecular formula is C26H28ClFN2O2S. The summed E-state index contributed by atoms with van der Waals surface area (Å²) in [5.41, 5.74) is 0.953. The molecule has 1 atom stereocenters. The number of benzene rings is 2. The van der Waals surface area contributed by atoms with Gasteiger partial charge in [0.05, 0.1) is 6.42 Å². The zero-order valence-corrected chi connectivity index (χ0v) is 20.0. The van der Waals surface area contributed by atoms with E-state index in [1.54, 1.807) is 48.2 Å². The van der Waals surface area contributed by atoms with Crippen molar-refractivity contribution >= 4 is 40.9 Å². The average molecular weight is 487 g/mol. The number of halogens is 2. The Morgan fingerprint density at radius 3 is 2.61 bits per heavy atom. The molecule has 1 aliphatic heterocycles. The van der Waals surface area contributed by atoms with Crippen molar-refractivity contribution in [2.24, 2.45) is 0 Å². The van der Waals surface area contributed by atoms with Crippen molar-refractivity contribution in [2.45, 2.75) is 57.0 Å². The lowest BCUT2D eigenvalue weighted by molar-refractivity contribution is -0.127. The van der Waals surface area contributed by atoms with E-state index in [-0.39, 0.29) is 24.3 Å². The highest BCUT2D eigenvalue weighted by Crippen LogP contribution is 2.34. The molecule has 0 radical (unpaired) electrons. The Hall–Kier alpha value is -2.31. The lowest BCUT2D eigenvalue weighted by Crippen LogP contribution is -2.47. The molecule has 4 rings (SSSR count). The molecule has 2 aliphatic rings. The van der Waals surface area contributed by atoms with E-state index in [1.165, 1.54) is 23.5 Å². The first-order chi connectivity index (χ1) is 16.0. The van der Waals surface area contributed by atoms with Crippen LogP contribution in [0, 0.1) is 5.82 Å². The quantitative estimate of drug-likeness (QED) is 0.491. The Labute approximate surface area is 203 Å². The molecule has 0 spiro atoms. The van der Waals surface area contributed by atoms with Gasteiger partial charge in [0.15, 0.2) is 0 Å². The van der Waals surface area contributed by atoms with Crippen molar-refractivity contribution in [1.82, 2.24) is 5.32 Å². The smallest absolute Gasteiger partial charge is 0.248 e. The van der Waals surface area contributed by atoms with Crippen molar-refractivity contribution in [2.75, 3.05) is 10.7 Å². The minimum Gasteiger partial charge on any atom is -0.351 e. The number of anilines is 1. The highest BCUT2D eigenvalue weighted by atomic mass is 35.5. The highest BCUT2D eigenvalue weighted by molar-refractivity contribution is 8.03. The van der Waals surface area contributed by atoms with Crippen LogP contribution >= 0.6 is 23.4 Å². The van der Waals surface area contributed by atoms with E-state index in [0.717, 1.165) is 42.8 Å². The van der Waals surface area contributed by atoms with Crippen LogP contribution in [0.25, 0.3) is 0 Å². The molecule has 1 fully saturated rings. The second-order valence-electron chi connectivity index (χ2n) is 8.53. The van der Waals surface area contributed by atoms with Crippen LogP contribution in [0.2, 0.25) is 5.02 Å². The SMILES string of the molecule is O=C(NC1CCCCC1)C(c1cccc(Cl)c1)N(C(=O)CC1=CCCS1)c1cccc(F)c1. The van der Waals surface area contributed by atoms with E-state index < -0.39 is 11.9 Å². The van der Waals surface area contributed by atoms with E-state index in [1.807, 2.05) is 0 Å². The topological polar surface area (TPSA) is 49.4 Å². The minimum atomic E-state index is -0.952. The standard InChI is InChI=1S/C26H28ClFN2O2S/c27-19-8-4-7-18(15-19)25(26(32)29-21-10-2-1-3-11-21)30(22-12-5-9-20(28)16-22)24(31)17-23-13-6-14-33-23/h4-5,7-9,12-13,15-16,21,25H,1-3,6,10-11,14,17H2,(H,29,32). The van der Waals surface area contributed by atoms with Crippen molar-refractivity contribution in [3.63, 3.8) is 0 Å². The van der Waals surface area contributed by atoms with E-state index >= 15 is 0 Å². The predicted octanol–water partition coefficient (Wildman–Crippen LogP) is 6.41. The summed E-state index contributed by atoms with van der Waals surface area (Å²) < 4.78 is 14.2. The molecule has 1 aliphatic carbocycles. The molecule has 1 saturated carbocycles. The van der Waals surface area contributed by atoms with Crippen LogP contribution in [0.15, 0.2) is 59.5 Å². The second kappa shape index (κ2) is 11.2. The fourth-order valence-corrected chi connectivity index (χ4v) is 5.67. The van der Waals surface area contributed by atoms with Gasteiger partial charge in [0.1, 0.15) is 11.9 Å². The van der Waals surface area contributed by atoms with E-state index in [9.17, 15) is 14.0 Å².